The molecule has 3 atom stereocenters. The standard InChI is InChI=1S/C17H15N5O3/c1-22-11-7-5-4-6-10(11)16(13(22)23)14(8-18)12(20)21-17(24-2,25-3)15(14,16)9-19/h4-7H,1-3H3,(H2,20,21)/p+1/t14-,15+,16-/m1/s1. The van der Waals surface area contributed by atoms with Gasteiger partial charge < -0.3 is 14.4 Å². The molecule has 0 aromatic heterocycles. The second kappa shape index (κ2) is 4.17. The molecule has 25 heavy (non-hydrogen) atoms. The van der Waals surface area contributed by atoms with Crippen molar-refractivity contribution in [2.75, 3.05) is 26.2 Å². The van der Waals surface area contributed by atoms with Crippen LogP contribution in [0.2, 0.25) is 0 Å². The van der Waals surface area contributed by atoms with Crippen molar-refractivity contribution >= 4 is 17.4 Å². The molecule has 8 heteroatoms. The molecular weight excluding hydrogens is 322 g/mol. The summed E-state index contributed by atoms with van der Waals surface area (Å²) in [4.78, 5) is 17.6. The van der Waals surface area contributed by atoms with Gasteiger partial charge in [0.25, 0.3) is 5.84 Å². The molecule has 1 spiro atoms. The quantitative estimate of drug-likeness (QED) is 0.621. The Morgan fingerprint density at radius 2 is 1.84 bits per heavy atom. The minimum Gasteiger partial charge on any atom is -0.317 e. The third kappa shape index (κ3) is 1.06. The van der Waals surface area contributed by atoms with Gasteiger partial charge in [0, 0.05) is 27.0 Å². The molecule has 1 aliphatic carbocycles. The summed E-state index contributed by atoms with van der Waals surface area (Å²) in [5, 5.41) is 20.3. The van der Waals surface area contributed by atoms with Crippen LogP contribution in [0.1, 0.15) is 5.56 Å². The van der Waals surface area contributed by atoms with Crippen molar-refractivity contribution in [3.05, 3.63) is 29.8 Å². The zero-order valence-electron chi connectivity index (χ0n) is 14.0. The van der Waals surface area contributed by atoms with Crippen LogP contribution in [0.15, 0.2) is 24.3 Å². The molecule has 3 N–H and O–H groups in total. The molecule has 0 saturated heterocycles. The van der Waals surface area contributed by atoms with Crippen LogP contribution in [0.3, 0.4) is 0 Å². The first-order valence-electron chi connectivity index (χ1n) is 7.64. The maximum atomic E-state index is 13.4. The Bertz CT molecular complexity index is 940. The predicted octanol–water partition coefficient (Wildman–Crippen LogP) is -1.67. The molecule has 1 fully saturated rings. The van der Waals surface area contributed by atoms with Gasteiger partial charge in [-0.25, -0.2) is 4.99 Å². The van der Waals surface area contributed by atoms with Crippen LogP contribution in [0.4, 0.5) is 5.69 Å². The second-order valence-corrected chi connectivity index (χ2v) is 6.42. The predicted molar refractivity (Wildman–Crippen MR) is 84.5 cm³/mol. The summed E-state index contributed by atoms with van der Waals surface area (Å²) in [6.07, 6.45) is 0. The number of benzene rings is 1. The topological polar surface area (TPSA) is 126 Å². The average molecular weight is 338 g/mol. The number of nitriles is 2. The van der Waals surface area contributed by atoms with E-state index in [0.717, 1.165) is 0 Å². The van der Waals surface area contributed by atoms with E-state index in [-0.39, 0.29) is 11.7 Å². The molecule has 126 valence electrons. The number of fused-ring (bicyclic) bond motifs is 5. The first-order chi connectivity index (χ1) is 11.9. The largest absolute Gasteiger partial charge is 0.343 e. The van der Waals surface area contributed by atoms with E-state index in [1.165, 1.54) is 19.1 Å². The number of nitrogens with one attached hydrogen (secondary N) is 1. The summed E-state index contributed by atoms with van der Waals surface area (Å²) in [6, 6.07) is 11.4. The van der Waals surface area contributed by atoms with Gasteiger partial charge in [0.05, 0.1) is 12.1 Å². The fourth-order valence-corrected chi connectivity index (χ4v) is 5.07. The van der Waals surface area contributed by atoms with Gasteiger partial charge in [0.1, 0.15) is 5.41 Å². The molecule has 1 saturated carbocycles. The summed E-state index contributed by atoms with van der Waals surface area (Å²) in [5.74, 6) is -2.09. The first kappa shape index (κ1) is 15.6. The highest BCUT2D eigenvalue weighted by atomic mass is 16.7. The van der Waals surface area contributed by atoms with E-state index in [9.17, 15) is 15.3 Å². The van der Waals surface area contributed by atoms with Crippen molar-refractivity contribution in [1.82, 2.24) is 0 Å². The molecule has 3 aliphatic rings. The lowest BCUT2D eigenvalue weighted by Crippen LogP contribution is -2.91. The number of nitrogens with zero attached hydrogens (tertiary/aromatic N) is 3. The van der Waals surface area contributed by atoms with Gasteiger partial charge in [-0.3, -0.25) is 10.5 Å². The highest BCUT2D eigenvalue weighted by Gasteiger charge is 3.08. The lowest BCUT2D eigenvalue weighted by molar-refractivity contribution is -0.688. The molecule has 1 aromatic carbocycles. The Labute approximate surface area is 144 Å². The highest BCUT2D eigenvalue weighted by Crippen LogP contribution is 2.84. The maximum absolute atomic E-state index is 13.4. The summed E-state index contributed by atoms with van der Waals surface area (Å²) < 4.78 is 11.0. The molecule has 0 unspecified atom stereocenters. The van der Waals surface area contributed by atoms with Crippen molar-refractivity contribution < 1.29 is 19.3 Å². The van der Waals surface area contributed by atoms with Gasteiger partial charge in [-0.1, -0.05) is 18.2 Å². The van der Waals surface area contributed by atoms with E-state index in [0.29, 0.717) is 11.3 Å². The zero-order valence-corrected chi connectivity index (χ0v) is 14.0. The fraction of sp³-hybridized carbons (Fsp3) is 0.412. The number of hydrogen-bond donors (Lipinski definition) is 2. The van der Waals surface area contributed by atoms with Gasteiger partial charge in [-0.2, -0.15) is 10.5 Å². The third-order valence-corrected chi connectivity index (χ3v) is 6.03. The zero-order chi connectivity index (χ0) is 18.3. The summed E-state index contributed by atoms with van der Waals surface area (Å²) in [5.41, 5.74) is 2.64. The molecule has 8 nitrogen and oxygen atoms in total. The summed E-state index contributed by atoms with van der Waals surface area (Å²) in [6.45, 7) is 0. The second-order valence-electron chi connectivity index (χ2n) is 6.42. The molecule has 2 heterocycles. The van der Waals surface area contributed by atoms with Crippen LogP contribution in [0, 0.1) is 33.5 Å². The number of anilines is 1. The van der Waals surface area contributed by atoms with E-state index in [2.05, 4.69) is 17.1 Å². The number of nitrogens with two attached hydrogens (primary N) is 1. The fourth-order valence-electron chi connectivity index (χ4n) is 5.07. The molecule has 0 radical (unpaired) electrons. The Kier molecular flexibility index (Phi) is 2.60. The van der Waals surface area contributed by atoms with Crippen LogP contribution in [-0.4, -0.2) is 38.9 Å². The van der Waals surface area contributed by atoms with E-state index < -0.39 is 22.2 Å². The Morgan fingerprint density at radius 3 is 2.40 bits per heavy atom. The Hall–Kier alpha value is -2.94. The maximum Gasteiger partial charge on any atom is 0.343 e. The first-order valence-corrected chi connectivity index (χ1v) is 7.64. The number of hydrogen-bond acceptors (Lipinski definition) is 6. The number of rotatable bonds is 2. The summed E-state index contributed by atoms with van der Waals surface area (Å²) in [7, 11) is 4.31. The minimum absolute atomic E-state index is 0.00120. The van der Waals surface area contributed by atoms with Crippen molar-refractivity contribution in [3.8, 4) is 12.1 Å². The number of carbonyl (C=O) groups is 1. The van der Waals surface area contributed by atoms with Crippen molar-refractivity contribution in [2.45, 2.75) is 11.3 Å². The number of ether oxygens (including phenoxy) is 2. The van der Waals surface area contributed by atoms with Crippen LogP contribution in [-0.2, 0) is 19.7 Å². The van der Waals surface area contributed by atoms with Crippen LogP contribution >= 0.6 is 0 Å². The van der Waals surface area contributed by atoms with Gasteiger partial charge in [0.15, 0.2) is 0 Å². The van der Waals surface area contributed by atoms with Crippen LogP contribution < -0.4 is 15.6 Å². The summed E-state index contributed by atoms with van der Waals surface area (Å²) >= 11 is 0. The Morgan fingerprint density at radius 1 is 1.20 bits per heavy atom. The number of carbonyl (C=O) groups excluding carboxylic acids is 1. The molecule has 4 rings (SSSR count). The van der Waals surface area contributed by atoms with Gasteiger partial charge >= 0.3 is 5.91 Å². The smallest absolute Gasteiger partial charge is 0.317 e. The lowest BCUT2D eigenvalue weighted by Gasteiger charge is -2.29. The normalized spacial score (nSPS) is 36.4. The molecule has 0 bridgehead atoms. The third-order valence-electron chi connectivity index (χ3n) is 6.03. The molecule has 2 aliphatic heterocycles. The number of methoxy groups -OCH3 is 2. The van der Waals surface area contributed by atoms with E-state index >= 15 is 0 Å². The monoisotopic (exact) mass is 338 g/mol. The van der Waals surface area contributed by atoms with Gasteiger partial charge in [-0.05, 0) is 11.6 Å². The molecule has 1 aromatic rings. The number of amidine groups is 1. The van der Waals surface area contributed by atoms with E-state index in [1.54, 1.807) is 31.3 Å². The van der Waals surface area contributed by atoms with Crippen molar-refractivity contribution in [3.63, 3.8) is 0 Å². The van der Waals surface area contributed by atoms with Crippen molar-refractivity contribution in [2.24, 2.45) is 16.6 Å². The number of amides is 1. The Balaban J connectivity index is 2.17. The molecular formula is C17H16N5O3+. The highest BCUT2D eigenvalue weighted by molar-refractivity contribution is 6.20. The van der Waals surface area contributed by atoms with E-state index in [4.69, 9.17) is 15.2 Å². The molecule has 1 amide bonds. The number of likely N-dealkylation sites (N-methyl/N-ethyl adjacent to an activating group) is 1. The van der Waals surface area contributed by atoms with Crippen molar-refractivity contribution in [1.29, 1.82) is 10.5 Å². The number of para-hydroxylation sites is 1. The SMILES string of the molecule is COC1(OC)[NH+]=C(N)[C@@]2(C#N)[C@@]3(C(=O)N(C)c4ccccc43)[C@@]12C#N. The van der Waals surface area contributed by atoms with Crippen LogP contribution in [0.5, 0.6) is 0 Å². The van der Waals surface area contributed by atoms with Gasteiger partial charge in [-0.15, -0.1) is 0 Å². The minimum atomic E-state index is -1.71. The van der Waals surface area contributed by atoms with Gasteiger partial charge in [0.2, 0.25) is 16.7 Å². The van der Waals surface area contributed by atoms with E-state index in [1.807, 2.05) is 0 Å². The lowest BCUT2D eigenvalue weighted by atomic mass is 9.84. The average Bonchev–Trinajstić information content (AvgIpc) is 3.05. The van der Waals surface area contributed by atoms with Crippen LogP contribution in [0.25, 0.3) is 0 Å².